The first kappa shape index (κ1) is 14.4. The fraction of sp³-hybridized carbons (Fsp3) is 0.154. The molecule has 0 aliphatic heterocycles. The molecule has 0 unspecified atom stereocenters. The van der Waals surface area contributed by atoms with Crippen LogP contribution in [0.3, 0.4) is 0 Å². The summed E-state index contributed by atoms with van der Waals surface area (Å²) in [4.78, 5) is 3.55. The SMILES string of the molecule is FC(F)(F)c1cccc(-c2ncccc2C(F)(F)F)c1. The van der Waals surface area contributed by atoms with E-state index in [9.17, 15) is 26.3 Å². The van der Waals surface area contributed by atoms with Crippen molar-refractivity contribution < 1.29 is 26.3 Å². The Bertz CT molecular complexity index is 615. The fourth-order valence-corrected chi connectivity index (χ4v) is 1.71. The van der Waals surface area contributed by atoms with Crippen LogP contribution in [-0.4, -0.2) is 4.98 Å². The molecule has 1 heterocycles. The first-order valence-electron chi connectivity index (χ1n) is 5.39. The number of nitrogens with zero attached hydrogens (tertiary/aromatic N) is 1. The van der Waals surface area contributed by atoms with Crippen molar-refractivity contribution >= 4 is 0 Å². The number of pyridine rings is 1. The van der Waals surface area contributed by atoms with Crippen LogP contribution in [0.25, 0.3) is 11.3 Å². The summed E-state index contributed by atoms with van der Waals surface area (Å²) >= 11 is 0. The topological polar surface area (TPSA) is 12.9 Å². The number of alkyl halides is 6. The summed E-state index contributed by atoms with van der Waals surface area (Å²) < 4.78 is 76.1. The summed E-state index contributed by atoms with van der Waals surface area (Å²) in [6.45, 7) is 0. The first-order valence-corrected chi connectivity index (χ1v) is 5.39. The number of hydrogen-bond acceptors (Lipinski definition) is 1. The zero-order valence-corrected chi connectivity index (χ0v) is 9.76. The third-order valence-corrected chi connectivity index (χ3v) is 2.58. The van der Waals surface area contributed by atoms with Gasteiger partial charge in [0, 0.05) is 11.8 Å². The molecular formula is C13H7F6N. The maximum absolute atomic E-state index is 12.8. The zero-order chi connectivity index (χ0) is 15.0. The second-order valence-corrected chi connectivity index (χ2v) is 3.98. The van der Waals surface area contributed by atoms with Gasteiger partial charge in [0.2, 0.25) is 0 Å². The van der Waals surface area contributed by atoms with E-state index in [-0.39, 0.29) is 5.56 Å². The van der Waals surface area contributed by atoms with E-state index in [0.717, 1.165) is 36.5 Å². The predicted octanol–water partition coefficient (Wildman–Crippen LogP) is 4.79. The molecule has 1 aromatic heterocycles. The second kappa shape index (κ2) is 4.81. The average molecular weight is 291 g/mol. The van der Waals surface area contributed by atoms with E-state index in [1.165, 1.54) is 0 Å². The van der Waals surface area contributed by atoms with Gasteiger partial charge >= 0.3 is 12.4 Å². The molecule has 0 aliphatic rings. The van der Waals surface area contributed by atoms with Gasteiger partial charge in [-0.15, -0.1) is 0 Å². The molecular weight excluding hydrogens is 284 g/mol. The highest BCUT2D eigenvalue weighted by Crippen LogP contribution is 2.37. The van der Waals surface area contributed by atoms with Crippen molar-refractivity contribution in [3.05, 3.63) is 53.7 Å². The van der Waals surface area contributed by atoms with Crippen LogP contribution in [0.4, 0.5) is 26.3 Å². The van der Waals surface area contributed by atoms with Crippen molar-refractivity contribution in [2.75, 3.05) is 0 Å². The molecule has 0 bridgehead atoms. The monoisotopic (exact) mass is 291 g/mol. The Morgan fingerprint density at radius 1 is 0.800 bits per heavy atom. The largest absolute Gasteiger partial charge is 0.418 e. The summed E-state index contributed by atoms with van der Waals surface area (Å²) in [6.07, 6.45) is -8.20. The van der Waals surface area contributed by atoms with Crippen molar-refractivity contribution in [2.45, 2.75) is 12.4 Å². The smallest absolute Gasteiger partial charge is 0.256 e. The molecule has 0 amide bonds. The quantitative estimate of drug-likeness (QED) is 0.689. The Hall–Kier alpha value is -2.05. The highest BCUT2D eigenvalue weighted by Gasteiger charge is 2.35. The zero-order valence-electron chi connectivity index (χ0n) is 9.76. The van der Waals surface area contributed by atoms with E-state index in [2.05, 4.69) is 4.98 Å². The Morgan fingerprint density at radius 3 is 2.10 bits per heavy atom. The Kier molecular flexibility index (Phi) is 3.45. The normalized spacial score (nSPS) is 12.5. The molecule has 0 radical (unpaired) electrons. The van der Waals surface area contributed by atoms with Crippen LogP contribution in [0.15, 0.2) is 42.6 Å². The van der Waals surface area contributed by atoms with Gasteiger partial charge in [-0.25, -0.2) is 0 Å². The standard InChI is InChI=1S/C13H7F6N/c14-12(15,16)9-4-1-3-8(7-9)11-10(13(17,18)19)5-2-6-20-11/h1-7H. The van der Waals surface area contributed by atoms with Gasteiger partial charge in [-0.1, -0.05) is 12.1 Å². The van der Waals surface area contributed by atoms with Crippen LogP contribution in [0, 0.1) is 0 Å². The summed E-state index contributed by atoms with van der Waals surface area (Å²) in [5, 5.41) is 0. The molecule has 0 saturated heterocycles. The number of aromatic nitrogens is 1. The summed E-state index contributed by atoms with van der Waals surface area (Å²) in [6, 6.07) is 5.51. The van der Waals surface area contributed by atoms with Crippen LogP contribution in [0.5, 0.6) is 0 Å². The van der Waals surface area contributed by atoms with Crippen LogP contribution in [-0.2, 0) is 12.4 Å². The lowest BCUT2D eigenvalue weighted by Crippen LogP contribution is -2.09. The van der Waals surface area contributed by atoms with Crippen molar-refractivity contribution in [3.63, 3.8) is 0 Å². The lowest BCUT2D eigenvalue weighted by atomic mass is 10.0. The van der Waals surface area contributed by atoms with Gasteiger partial charge in [0.1, 0.15) is 0 Å². The molecule has 0 atom stereocenters. The average Bonchev–Trinajstić information content (AvgIpc) is 2.37. The van der Waals surface area contributed by atoms with Crippen LogP contribution in [0.1, 0.15) is 11.1 Å². The predicted molar refractivity (Wildman–Crippen MR) is 59.7 cm³/mol. The van der Waals surface area contributed by atoms with Gasteiger partial charge < -0.3 is 0 Å². The van der Waals surface area contributed by atoms with E-state index in [4.69, 9.17) is 0 Å². The molecule has 1 nitrogen and oxygen atoms in total. The van der Waals surface area contributed by atoms with Gasteiger partial charge in [0.25, 0.3) is 0 Å². The molecule has 0 aliphatic carbocycles. The van der Waals surface area contributed by atoms with E-state index >= 15 is 0 Å². The summed E-state index contributed by atoms with van der Waals surface area (Å²) in [5.41, 5.74) is -2.84. The van der Waals surface area contributed by atoms with Gasteiger partial charge in [-0.05, 0) is 24.3 Å². The Balaban J connectivity index is 2.59. The molecule has 2 aromatic rings. The highest BCUT2D eigenvalue weighted by molar-refractivity contribution is 5.64. The van der Waals surface area contributed by atoms with Crippen molar-refractivity contribution in [1.82, 2.24) is 4.98 Å². The molecule has 106 valence electrons. The molecule has 0 N–H and O–H groups in total. The second-order valence-electron chi connectivity index (χ2n) is 3.98. The highest BCUT2D eigenvalue weighted by atomic mass is 19.4. The third-order valence-electron chi connectivity index (χ3n) is 2.58. The van der Waals surface area contributed by atoms with Gasteiger partial charge in [0.05, 0.1) is 16.8 Å². The molecule has 0 fully saturated rings. The molecule has 0 spiro atoms. The van der Waals surface area contributed by atoms with Crippen molar-refractivity contribution in [2.24, 2.45) is 0 Å². The molecule has 1 aromatic carbocycles. The van der Waals surface area contributed by atoms with E-state index in [0.29, 0.717) is 6.07 Å². The van der Waals surface area contributed by atoms with Gasteiger partial charge in [-0.3, -0.25) is 4.98 Å². The summed E-state index contributed by atoms with van der Waals surface area (Å²) in [7, 11) is 0. The molecule has 0 saturated carbocycles. The van der Waals surface area contributed by atoms with Crippen LogP contribution < -0.4 is 0 Å². The van der Waals surface area contributed by atoms with Crippen molar-refractivity contribution in [1.29, 1.82) is 0 Å². The number of rotatable bonds is 1. The van der Waals surface area contributed by atoms with Crippen LogP contribution >= 0.6 is 0 Å². The number of halogens is 6. The van der Waals surface area contributed by atoms with Crippen molar-refractivity contribution in [3.8, 4) is 11.3 Å². The third kappa shape index (κ3) is 2.92. The first-order chi connectivity index (χ1) is 9.19. The fourth-order valence-electron chi connectivity index (χ4n) is 1.71. The number of hydrogen-bond donors (Lipinski definition) is 0. The molecule has 7 heteroatoms. The van der Waals surface area contributed by atoms with Crippen LogP contribution in [0.2, 0.25) is 0 Å². The lowest BCUT2D eigenvalue weighted by Gasteiger charge is -2.13. The Labute approximate surface area is 109 Å². The minimum Gasteiger partial charge on any atom is -0.256 e. The molecule has 20 heavy (non-hydrogen) atoms. The van der Waals surface area contributed by atoms with Gasteiger partial charge in [0.15, 0.2) is 0 Å². The number of benzene rings is 1. The van der Waals surface area contributed by atoms with E-state index in [1.54, 1.807) is 0 Å². The van der Waals surface area contributed by atoms with E-state index in [1.807, 2.05) is 0 Å². The minimum atomic E-state index is -4.68. The maximum atomic E-state index is 12.8. The molecule has 2 rings (SSSR count). The maximum Gasteiger partial charge on any atom is 0.418 e. The van der Waals surface area contributed by atoms with E-state index < -0.39 is 29.2 Å². The van der Waals surface area contributed by atoms with Gasteiger partial charge in [-0.2, -0.15) is 26.3 Å². The minimum absolute atomic E-state index is 0.229. The summed E-state index contributed by atoms with van der Waals surface area (Å²) in [5.74, 6) is 0. The Morgan fingerprint density at radius 2 is 1.50 bits per heavy atom. The lowest BCUT2D eigenvalue weighted by molar-refractivity contribution is -0.137.